The zero-order valence-corrected chi connectivity index (χ0v) is 11.2. The summed E-state index contributed by atoms with van der Waals surface area (Å²) in [6, 6.07) is 0.927. The maximum absolute atomic E-state index is 13.9. The van der Waals surface area contributed by atoms with Crippen LogP contribution in [0.1, 0.15) is 23.2 Å². The molecule has 1 atom stereocenters. The Hall–Kier alpha value is -2.51. The molecule has 6 nitrogen and oxygen atoms in total. The molecule has 0 radical (unpaired) electrons. The summed E-state index contributed by atoms with van der Waals surface area (Å²) in [6.07, 6.45) is 1.53. The highest BCUT2D eigenvalue weighted by Gasteiger charge is 2.45. The van der Waals surface area contributed by atoms with Crippen LogP contribution in [0, 0.1) is 17.6 Å². The summed E-state index contributed by atoms with van der Waals surface area (Å²) < 4.78 is 37.4. The molecule has 1 saturated carbocycles. The van der Waals surface area contributed by atoms with Crippen molar-refractivity contribution in [2.75, 3.05) is 11.5 Å². The normalized spacial score (nSPS) is 21.5. The lowest BCUT2D eigenvalue weighted by atomic mass is 10.1. The fraction of sp³-hybridized carbons (Fsp3) is 0.357. The van der Waals surface area contributed by atoms with Gasteiger partial charge in [-0.05, 0) is 24.8 Å². The number of benzene rings is 1. The van der Waals surface area contributed by atoms with E-state index >= 15 is 0 Å². The number of aromatic nitrogens is 1. The number of aldehydes is 1. The van der Waals surface area contributed by atoms with Gasteiger partial charge in [0.2, 0.25) is 11.4 Å². The van der Waals surface area contributed by atoms with Gasteiger partial charge in [-0.15, -0.1) is 0 Å². The molecular formula is C14H10F2N2O4. The lowest BCUT2D eigenvalue weighted by molar-refractivity contribution is 0.111. The average Bonchev–Trinajstić information content (AvgIpc) is 3.17. The third-order valence-electron chi connectivity index (χ3n) is 4.08. The molecule has 1 aliphatic heterocycles. The molecule has 2 heterocycles. The van der Waals surface area contributed by atoms with Gasteiger partial charge in [-0.2, -0.15) is 4.39 Å². The quantitative estimate of drug-likeness (QED) is 0.815. The maximum atomic E-state index is 13.9. The van der Waals surface area contributed by atoms with E-state index in [2.05, 4.69) is 5.16 Å². The second-order valence-electron chi connectivity index (χ2n) is 5.45. The lowest BCUT2D eigenvalue weighted by Crippen LogP contribution is -2.35. The molecule has 1 aliphatic carbocycles. The number of hydrogen-bond acceptors (Lipinski definition) is 5. The molecule has 2 aliphatic rings. The van der Waals surface area contributed by atoms with Crippen molar-refractivity contribution < 1.29 is 27.6 Å². The Balaban J connectivity index is 1.89. The first-order valence-electron chi connectivity index (χ1n) is 6.80. The number of carbonyl (C=O) groups is 2. The zero-order valence-electron chi connectivity index (χ0n) is 11.2. The Morgan fingerprint density at radius 3 is 2.77 bits per heavy atom. The predicted octanol–water partition coefficient (Wildman–Crippen LogP) is 2.65. The van der Waals surface area contributed by atoms with Gasteiger partial charge < -0.3 is 9.26 Å². The van der Waals surface area contributed by atoms with Crippen molar-refractivity contribution in [2.24, 2.45) is 5.92 Å². The Morgan fingerprint density at radius 1 is 1.32 bits per heavy atom. The first kappa shape index (κ1) is 13.2. The Kier molecular flexibility index (Phi) is 2.69. The molecule has 114 valence electrons. The molecule has 1 unspecified atom stereocenters. The standard InChI is InChI=1S/C14H10F2N2O4/c15-10-7(4-19)3-8-12(11(10)16)22-17-13(8)18-9(6-1-2-6)5-21-14(18)20/h3-4,6,9H,1-2,5H2. The van der Waals surface area contributed by atoms with E-state index in [1.54, 1.807) is 0 Å². The number of ether oxygens (including phenoxy) is 1. The lowest BCUT2D eigenvalue weighted by Gasteiger charge is -2.18. The van der Waals surface area contributed by atoms with Gasteiger partial charge in [-0.3, -0.25) is 9.69 Å². The maximum Gasteiger partial charge on any atom is 0.416 e. The number of hydrogen-bond donors (Lipinski definition) is 0. The van der Waals surface area contributed by atoms with Crippen LogP contribution in [0.4, 0.5) is 19.4 Å². The fourth-order valence-electron chi connectivity index (χ4n) is 2.79. The van der Waals surface area contributed by atoms with Crippen LogP contribution in [0.5, 0.6) is 0 Å². The van der Waals surface area contributed by atoms with Gasteiger partial charge >= 0.3 is 6.09 Å². The van der Waals surface area contributed by atoms with Crippen LogP contribution in [0.3, 0.4) is 0 Å². The smallest absolute Gasteiger partial charge is 0.416 e. The van der Waals surface area contributed by atoms with Crippen molar-refractivity contribution in [1.82, 2.24) is 5.16 Å². The van der Waals surface area contributed by atoms with Crippen LogP contribution < -0.4 is 4.90 Å². The average molecular weight is 308 g/mol. The molecule has 0 bridgehead atoms. The second kappa shape index (κ2) is 4.49. The monoisotopic (exact) mass is 308 g/mol. The first-order chi connectivity index (χ1) is 10.6. The summed E-state index contributed by atoms with van der Waals surface area (Å²) in [4.78, 5) is 24.1. The molecule has 1 aromatic heterocycles. The first-order valence-corrected chi connectivity index (χ1v) is 6.80. The van der Waals surface area contributed by atoms with Gasteiger partial charge in [0.25, 0.3) is 0 Å². The Bertz CT molecular complexity index is 800. The van der Waals surface area contributed by atoms with E-state index in [-0.39, 0.29) is 30.1 Å². The Labute approximate surface area is 122 Å². The van der Waals surface area contributed by atoms with Crippen molar-refractivity contribution in [2.45, 2.75) is 18.9 Å². The van der Waals surface area contributed by atoms with Crippen LogP contribution in [-0.2, 0) is 4.74 Å². The van der Waals surface area contributed by atoms with Crippen molar-refractivity contribution >= 4 is 29.2 Å². The van der Waals surface area contributed by atoms with E-state index < -0.39 is 28.9 Å². The van der Waals surface area contributed by atoms with Gasteiger partial charge in [-0.25, -0.2) is 9.18 Å². The van der Waals surface area contributed by atoms with Gasteiger partial charge in [0, 0.05) is 0 Å². The van der Waals surface area contributed by atoms with Crippen LogP contribution in [-0.4, -0.2) is 30.2 Å². The summed E-state index contributed by atoms with van der Waals surface area (Å²) in [5, 5.41) is 3.77. The van der Waals surface area contributed by atoms with E-state index in [4.69, 9.17) is 9.26 Å². The summed E-state index contributed by atoms with van der Waals surface area (Å²) in [5.41, 5.74) is -0.877. The van der Waals surface area contributed by atoms with E-state index in [0.29, 0.717) is 5.92 Å². The molecule has 22 heavy (non-hydrogen) atoms. The molecule has 1 aromatic carbocycles. The summed E-state index contributed by atoms with van der Waals surface area (Å²) in [7, 11) is 0. The van der Waals surface area contributed by atoms with Crippen molar-refractivity contribution in [3.63, 3.8) is 0 Å². The molecule has 1 amide bonds. The number of fused-ring (bicyclic) bond motifs is 1. The predicted molar refractivity (Wildman–Crippen MR) is 69.7 cm³/mol. The number of rotatable bonds is 3. The highest BCUT2D eigenvalue weighted by atomic mass is 19.2. The molecule has 8 heteroatoms. The summed E-state index contributed by atoms with van der Waals surface area (Å²) >= 11 is 0. The second-order valence-corrected chi connectivity index (χ2v) is 5.45. The van der Waals surface area contributed by atoms with Gasteiger partial charge in [0.15, 0.2) is 17.9 Å². The number of cyclic esters (lactones) is 1. The van der Waals surface area contributed by atoms with Crippen LogP contribution >= 0.6 is 0 Å². The van der Waals surface area contributed by atoms with E-state index in [0.717, 1.165) is 18.9 Å². The highest BCUT2D eigenvalue weighted by Crippen LogP contribution is 2.41. The molecule has 0 spiro atoms. The van der Waals surface area contributed by atoms with Crippen molar-refractivity contribution in [1.29, 1.82) is 0 Å². The van der Waals surface area contributed by atoms with Gasteiger partial charge in [0.1, 0.15) is 6.61 Å². The number of nitrogens with zero attached hydrogens (tertiary/aromatic N) is 2. The molecular weight excluding hydrogens is 298 g/mol. The number of amides is 1. The van der Waals surface area contributed by atoms with Gasteiger partial charge in [0.05, 0.1) is 17.0 Å². The minimum absolute atomic E-state index is 0.0522. The van der Waals surface area contributed by atoms with Gasteiger partial charge in [-0.1, -0.05) is 5.16 Å². The third kappa shape index (κ3) is 1.73. The molecule has 4 rings (SSSR count). The van der Waals surface area contributed by atoms with Crippen LogP contribution in [0.25, 0.3) is 11.0 Å². The topological polar surface area (TPSA) is 72.6 Å². The molecule has 1 saturated heterocycles. The van der Waals surface area contributed by atoms with E-state index in [9.17, 15) is 18.4 Å². The highest BCUT2D eigenvalue weighted by molar-refractivity contribution is 6.01. The van der Waals surface area contributed by atoms with E-state index in [1.165, 1.54) is 4.90 Å². The largest absolute Gasteiger partial charge is 0.447 e. The molecule has 2 aromatic rings. The summed E-state index contributed by atoms with van der Waals surface area (Å²) in [6.45, 7) is 0.224. The third-order valence-corrected chi connectivity index (χ3v) is 4.08. The van der Waals surface area contributed by atoms with Crippen LogP contribution in [0.2, 0.25) is 0 Å². The van der Waals surface area contributed by atoms with Crippen molar-refractivity contribution in [3.05, 3.63) is 23.3 Å². The Morgan fingerprint density at radius 2 is 2.09 bits per heavy atom. The van der Waals surface area contributed by atoms with Crippen molar-refractivity contribution in [3.8, 4) is 0 Å². The number of anilines is 1. The SMILES string of the molecule is O=Cc1cc2c(N3C(=O)OCC3C3CC3)noc2c(F)c1F. The van der Waals surface area contributed by atoms with E-state index in [1.807, 2.05) is 0 Å². The minimum atomic E-state index is -1.30. The zero-order chi connectivity index (χ0) is 15.4. The molecule has 2 fully saturated rings. The molecule has 0 N–H and O–H groups in total. The minimum Gasteiger partial charge on any atom is -0.447 e. The summed E-state index contributed by atoms with van der Waals surface area (Å²) in [5.74, 6) is -2.24. The number of halogens is 2. The fourth-order valence-corrected chi connectivity index (χ4v) is 2.79. The number of carbonyl (C=O) groups excluding carboxylic acids is 2. The van der Waals surface area contributed by atoms with Crippen LogP contribution in [0.15, 0.2) is 10.6 Å².